The molecule has 1 atom stereocenters. The number of likely N-dealkylation sites (N-methyl/N-ethyl adjacent to an activating group) is 2. The number of hydrogen-bond acceptors (Lipinski definition) is 3. The molecule has 2 rings (SSSR count). The van der Waals surface area contributed by atoms with Crippen LogP contribution < -0.4 is 15.0 Å². The van der Waals surface area contributed by atoms with Crippen molar-refractivity contribution in [2.45, 2.75) is 26.4 Å². The average molecular weight is 262 g/mol. The van der Waals surface area contributed by atoms with Gasteiger partial charge in [0.25, 0.3) is 17.4 Å². The minimum atomic E-state index is -1.51. The van der Waals surface area contributed by atoms with E-state index >= 15 is 0 Å². The summed E-state index contributed by atoms with van der Waals surface area (Å²) < 4.78 is 5.67. The monoisotopic (exact) mass is 262 g/mol. The number of hydrogen-bond donors (Lipinski definition) is 1. The predicted molar refractivity (Wildman–Crippen MR) is 72.3 cm³/mol. The molecule has 1 heterocycles. The van der Waals surface area contributed by atoms with Crippen molar-refractivity contribution in [1.29, 1.82) is 0 Å². The highest BCUT2D eigenvalue weighted by Crippen LogP contribution is 2.37. The van der Waals surface area contributed by atoms with Gasteiger partial charge in [0.1, 0.15) is 5.75 Å². The standard InChI is InChI=1S/C14H18N2O3/c1-5-15-12(17)14(3)13(18)16(4)10-8-9(2)6-7-11(10)19-14/h6-8H,5H2,1-4H3,(H,15,17). The van der Waals surface area contributed by atoms with Crippen LogP contribution in [0.4, 0.5) is 5.69 Å². The normalized spacial score (nSPS) is 21.7. The van der Waals surface area contributed by atoms with Gasteiger partial charge in [0.2, 0.25) is 0 Å². The van der Waals surface area contributed by atoms with E-state index in [1.165, 1.54) is 11.8 Å². The van der Waals surface area contributed by atoms with Crippen LogP contribution in [0.25, 0.3) is 0 Å². The van der Waals surface area contributed by atoms with E-state index in [0.717, 1.165) is 5.56 Å². The van der Waals surface area contributed by atoms with Crippen LogP contribution in [0.5, 0.6) is 5.75 Å². The largest absolute Gasteiger partial charge is 0.466 e. The van der Waals surface area contributed by atoms with Gasteiger partial charge in [0.05, 0.1) is 5.69 Å². The Kier molecular flexibility index (Phi) is 3.22. The molecule has 0 aromatic heterocycles. The molecule has 1 aromatic rings. The lowest BCUT2D eigenvalue weighted by atomic mass is 10.00. The van der Waals surface area contributed by atoms with E-state index in [4.69, 9.17) is 4.74 Å². The summed E-state index contributed by atoms with van der Waals surface area (Å²) in [5.74, 6) is -0.240. The number of carbonyl (C=O) groups is 2. The number of nitrogens with zero attached hydrogens (tertiary/aromatic N) is 1. The third kappa shape index (κ3) is 2.05. The summed E-state index contributed by atoms with van der Waals surface area (Å²) in [7, 11) is 1.65. The van der Waals surface area contributed by atoms with Crippen molar-refractivity contribution in [3.63, 3.8) is 0 Å². The van der Waals surface area contributed by atoms with Crippen LogP contribution >= 0.6 is 0 Å². The van der Waals surface area contributed by atoms with Gasteiger partial charge in [0, 0.05) is 13.6 Å². The van der Waals surface area contributed by atoms with E-state index in [0.29, 0.717) is 18.0 Å². The molecule has 1 aliphatic heterocycles. The Morgan fingerprint density at radius 2 is 2.16 bits per heavy atom. The van der Waals surface area contributed by atoms with Crippen LogP contribution in [0.15, 0.2) is 18.2 Å². The van der Waals surface area contributed by atoms with Crippen LogP contribution in [0.2, 0.25) is 0 Å². The Labute approximate surface area is 112 Å². The van der Waals surface area contributed by atoms with E-state index in [1.54, 1.807) is 20.0 Å². The number of carbonyl (C=O) groups excluding carboxylic acids is 2. The van der Waals surface area contributed by atoms with Crippen molar-refractivity contribution in [3.8, 4) is 5.75 Å². The molecular weight excluding hydrogens is 244 g/mol. The fraction of sp³-hybridized carbons (Fsp3) is 0.429. The second-order valence-electron chi connectivity index (χ2n) is 4.83. The molecule has 2 amide bonds. The van der Waals surface area contributed by atoms with Crippen LogP contribution in [0.3, 0.4) is 0 Å². The molecule has 5 heteroatoms. The molecule has 5 nitrogen and oxygen atoms in total. The number of aryl methyl sites for hydroxylation is 1. The number of anilines is 1. The van der Waals surface area contributed by atoms with Gasteiger partial charge in [-0.1, -0.05) is 6.07 Å². The maximum absolute atomic E-state index is 12.4. The summed E-state index contributed by atoms with van der Waals surface area (Å²) in [6.45, 7) is 5.70. The smallest absolute Gasteiger partial charge is 0.280 e. The first kappa shape index (κ1) is 13.4. The van der Waals surface area contributed by atoms with E-state index in [9.17, 15) is 9.59 Å². The van der Waals surface area contributed by atoms with Crippen molar-refractivity contribution in [2.75, 3.05) is 18.5 Å². The number of nitrogens with one attached hydrogen (secondary N) is 1. The van der Waals surface area contributed by atoms with Crippen molar-refractivity contribution in [2.24, 2.45) is 0 Å². The fourth-order valence-electron chi connectivity index (χ4n) is 2.14. The number of benzene rings is 1. The van der Waals surface area contributed by atoms with Crippen LogP contribution in [-0.2, 0) is 9.59 Å². The molecular formula is C14H18N2O3. The molecule has 0 bridgehead atoms. The number of fused-ring (bicyclic) bond motifs is 1. The molecule has 1 aromatic carbocycles. The second-order valence-corrected chi connectivity index (χ2v) is 4.83. The van der Waals surface area contributed by atoms with E-state index < -0.39 is 11.5 Å². The van der Waals surface area contributed by atoms with Crippen molar-refractivity contribution >= 4 is 17.5 Å². The minimum absolute atomic E-state index is 0.364. The zero-order valence-electron chi connectivity index (χ0n) is 11.6. The van der Waals surface area contributed by atoms with Gasteiger partial charge in [-0.05, 0) is 38.5 Å². The average Bonchev–Trinajstić information content (AvgIpc) is 2.38. The maximum atomic E-state index is 12.4. The highest BCUT2D eigenvalue weighted by atomic mass is 16.5. The highest BCUT2D eigenvalue weighted by molar-refractivity contribution is 6.16. The highest BCUT2D eigenvalue weighted by Gasteiger charge is 2.49. The van der Waals surface area contributed by atoms with Crippen LogP contribution in [-0.4, -0.2) is 31.0 Å². The lowest BCUT2D eigenvalue weighted by Crippen LogP contribution is -2.61. The summed E-state index contributed by atoms with van der Waals surface area (Å²) >= 11 is 0. The first-order valence-electron chi connectivity index (χ1n) is 6.26. The molecule has 0 aliphatic carbocycles. The summed E-state index contributed by atoms with van der Waals surface area (Å²) in [5.41, 5.74) is 0.211. The first-order chi connectivity index (χ1) is 8.90. The van der Waals surface area contributed by atoms with E-state index in [1.807, 2.05) is 19.1 Å². The second kappa shape index (κ2) is 4.57. The number of ether oxygens (including phenoxy) is 1. The van der Waals surface area contributed by atoms with Gasteiger partial charge in [-0.25, -0.2) is 0 Å². The topological polar surface area (TPSA) is 58.6 Å². The Morgan fingerprint density at radius 3 is 2.79 bits per heavy atom. The molecule has 0 spiro atoms. The molecule has 19 heavy (non-hydrogen) atoms. The van der Waals surface area contributed by atoms with Gasteiger partial charge in [0.15, 0.2) is 0 Å². The Bertz CT molecular complexity index is 541. The van der Waals surface area contributed by atoms with Crippen molar-refractivity contribution < 1.29 is 14.3 Å². The Balaban J connectivity index is 2.45. The summed E-state index contributed by atoms with van der Waals surface area (Å²) in [5, 5.41) is 2.64. The van der Waals surface area contributed by atoms with E-state index in [2.05, 4.69) is 5.32 Å². The molecule has 1 N–H and O–H groups in total. The molecule has 0 saturated heterocycles. The summed E-state index contributed by atoms with van der Waals surface area (Å²) in [6, 6.07) is 5.54. The third-order valence-electron chi connectivity index (χ3n) is 3.27. The van der Waals surface area contributed by atoms with Gasteiger partial charge < -0.3 is 15.0 Å². The Morgan fingerprint density at radius 1 is 1.47 bits per heavy atom. The zero-order chi connectivity index (χ0) is 14.2. The minimum Gasteiger partial charge on any atom is -0.466 e. The number of rotatable bonds is 2. The van der Waals surface area contributed by atoms with E-state index in [-0.39, 0.29) is 5.91 Å². The van der Waals surface area contributed by atoms with Crippen molar-refractivity contribution in [3.05, 3.63) is 23.8 Å². The lowest BCUT2D eigenvalue weighted by molar-refractivity contribution is -0.148. The lowest BCUT2D eigenvalue weighted by Gasteiger charge is -2.37. The van der Waals surface area contributed by atoms with Gasteiger partial charge in [-0.15, -0.1) is 0 Å². The first-order valence-corrected chi connectivity index (χ1v) is 6.26. The molecule has 102 valence electrons. The Hall–Kier alpha value is -2.04. The van der Waals surface area contributed by atoms with Gasteiger partial charge in [-0.3, -0.25) is 9.59 Å². The molecule has 0 radical (unpaired) electrons. The van der Waals surface area contributed by atoms with Crippen LogP contribution in [0.1, 0.15) is 19.4 Å². The molecule has 1 aliphatic rings. The summed E-state index contributed by atoms with van der Waals surface area (Å²) in [4.78, 5) is 25.9. The van der Waals surface area contributed by atoms with Gasteiger partial charge in [-0.2, -0.15) is 0 Å². The van der Waals surface area contributed by atoms with Crippen molar-refractivity contribution in [1.82, 2.24) is 5.32 Å². The van der Waals surface area contributed by atoms with Crippen LogP contribution in [0, 0.1) is 6.92 Å². The molecule has 1 unspecified atom stereocenters. The third-order valence-corrected chi connectivity index (χ3v) is 3.27. The maximum Gasteiger partial charge on any atom is 0.280 e. The predicted octanol–water partition coefficient (Wildman–Crippen LogP) is 1.25. The molecule has 0 fully saturated rings. The number of amides is 2. The molecule has 0 saturated carbocycles. The summed E-state index contributed by atoms with van der Waals surface area (Å²) in [6.07, 6.45) is 0. The quantitative estimate of drug-likeness (QED) is 0.816. The van der Waals surface area contributed by atoms with Gasteiger partial charge >= 0.3 is 0 Å². The fourth-order valence-corrected chi connectivity index (χ4v) is 2.14. The SMILES string of the molecule is CCNC(=O)C1(C)Oc2ccc(C)cc2N(C)C1=O. The zero-order valence-corrected chi connectivity index (χ0v) is 11.6.